The topological polar surface area (TPSA) is 45.4 Å². The minimum atomic E-state index is 0.121. The fourth-order valence-electron chi connectivity index (χ4n) is 4.41. The minimum Gasteiger partial charge on any atom is -0.490 e. The normalized spacial score (nSPS) is 16.6. The molecule has 0 bridgehead atoms. The van der Waals surface area contributed by atoms with Gasteiger partial charge in [-0.15, -0.1) is 11.3 Å². The summed E-state index contributed by atoms with van der Waals surface area (Å²) in [6.07, 6.45) is 5.21. The van der Waals surface area contributed by atoms with Crippen molar-refractivity contribution in [2.24, 2.45) is 16.3 Å². The van der Waals surface area contributed by atoms with Crippen LogP contribution in [-0.2, 0) is 12.8 Å². The quantitative estimate of drug-likeness (QED) is 0.403. The second kappa shape index (κ2) is 8.48. The number of nitriles is 1. The molecule has 0 amide bonds. The summed E-state index contributed by atoms with van der Waals surface area (Å²) in [7, 11) is 0. The summed E-state index contributed by atoms with van der Waals surface area (Å²) in [6, 6.07) is 14.8. The van der Waals surface area contributed by atoms with Crippen molar-refractivity contribution in [1.29, 1.82) is 5.26 Å². The van der Waals surface area contributed by atoms with E-state index in [2.05, 4.69) is 45.0 Å². The summed E-state index contributed by atoms with van der Waals surface area (Å²) in [5, 5.41) is 12.9. The first-order valence-corrected chi connectivity index (χ1v) is 11.9. The molecular formula is C27H30N2OS. The number of aliphatic imine (C=N–C) groups is 1. The van der Waals surface area contributed by atoms with Gasteiger partial charge in [-0.25, -0.2) is 4.99 Å². The molecule has 1 heterocycles. The lowest BCUT2D eigenvalue weighted by molar-refractivity contribution is 0.218. The number of ether oxygens (including phenoxy) is 1. The lowest BCUT2D eigenvalue weighted by Gasteiger charge is -2.33. The van der Waals surface area contributed by atoms with Crippen molar-refractivity contribution in [1.82, 2.24) is 0 Å². The molecule has 0 saturated carbocycles. The first-order chi connectivity index (χ1) is 14.8. The van der Waals surface area contributed by atoms with Gasteiger partial charge < -0.3 is 4.74 Å². The van der Waals surface area contributed by atoms with Gasteiger partial charge in [0.15, 0.2) is 0 Å². The number of hydrogen-bond acceptors (Lipinski definition) is 4. The van der Waals surface area contributed by atoms with Crippen LogP contribution in [0.25, 0.3) is 10.8 Å². The van der Waals surface area contributed by atoms with Crippen LogP contribution in [0.4, 0.5) is 5.00 Å². The van der Waals surface area contributed by atoms with Gasteiger partial charge in [0.1, 0.15) is 16.8 Å². The van der Waals surface area contributed by atoms with E-state index in [1.165, 1.54) is 10.4 Å². The van der Waals surface area contributed by atoms with E-state index in [9.17, 15) is 5.26 Å². The molecule has 1 atom stereocenters. The van der Waals surface area contributed by atoms with E-state index in [-0.39, 0.29) is 11.5 Å². The lowest BCUT2D eigenvalue weighted by atomic mass is 9.72. The molecule has 3 aromatic rings. The van der Waals surface area contributed by atoms with Crippen LogP contribution in [0.5, 0.6) is 5.75 Å². The number of nitrogens with zero attached hydrogens (tertiary/aromatic N) is 2. The van der Waals surface area contributed by atoms with Crippen LogP contribution < -0.4 is 4.74 Å². The Morgan fingerprint density at radius 3 is 2.58 bits per heavy atom. The summed E-state index contributed by atoms with van der Waals surface area (Å²) in [5.74, 6) is 1.54. The van der Waals surface area contributed by atoms with E-state index in [1.54, 1.807) is 11.3 Å². The van der Waals surface area contributed by atoms with Gasteiger partial charge >= 0.3 is 0 Å². The van der Waals surface area contributed by atoms with Crippen molar-refractivity contribution in [2.45, 2.75) is 60.0 Å². The van der Waals surface area contributed by atoms with Gasteiger partial charge in [0.2, 0.25) is 0 Å². The van der Waals surface area contributed by atoms with Crippen LogP contribution in [0.3, 0.4) is 0 Å². The second-order valence-corrected chi connectivity index (χ2v) is 10.8. The molecule has 0 spiro atoms. The Kier molecular flexibility index (Phi) is 5.90. The summed E-state index contributed by atoms with van der Waals surface area (Å²) in [5.41, 5.74) is 3.32. The highest BCUT2D eigenvalue weighted by Gasteiger charge is 2.32. The molecule has 3 nitrogen and oxygen atoms in total. The van der Waals surface area contributed by atoms with Gasteiger partial charge in [-0.2, -0.15) is 5.26 Å². The van der Waals surface area contributed by atoms with Gasteiger partial charge in [0.05, 0.1) is 11.7 Å². The maximum absolute atomic E-state index is 9.84. The number of benzene rings is 2. The average molecular weight is 431 g/mol. The molecule has 0 fully saturated rings. The van der Waals surface area contributed by atoms with E-state index in [1.807, 2.05) is 38.3 Å². The molecule has 0 saturated heterocycles. The predicted octanol–water partition coefficient (Wildman–Crippen LogP) is 7.46. The number of fused-ring (bicyclic) bond motifs is 2. The second-order valence-electron chi connectivity index (χ2n) is 9.72. The van der Waals surface area contributed by atoms with Crippen molar-refractivity contribution in [3.63, 3.8) is 0 Å². The zero-order valence-corrected chi connectivity index (χ0v) is 19.8. The predicted molar refractivity (Wildman–Crippen MR) is 131 cm³/mol. The van der Waals surface area contributed by atoms with Gasteiger partial charge in [-0.3, -0.25) is 0 Å². The van der Waals surface area contributed by atoms with E-state index in [0.717, 1.165) is 51.9 Å². The maximum Gasteiger partial charge on any atom is 0.134 e. The zero-order valence-electron chi connectivity index (χ0n) is 19.0. The molecule has 4 rings (SSSR count). The highest BCUT2D eigenvalue weighted by atomic mass is 32.1. The first-order valence-electron chi connectivity index (χ1n) is 11.0. The van der Waals surface area contributed by atoms with Crippen molar-refractivity contribution >= 4 is 33.3 Å². The fraction of sp³-hybridized carbons (Fsp3) is 0.407. The summed E-state index contributed by atoms with van der Waals surface area (Å²) in [6.45, 7) is 11.0. The Balaban J connectivity index is 1.70. The third-order valence-corrected chi connectivity index (χ3v) is 7.35. The molecule has 160 valence electrons. The lowest BCUT2D eigenvalue weighted by Crippen LogP contribution is -2.26. The van der Waals surface area contributed by atoms with Crippen LogP contribution in [0, 0.1) is 22.7 Å². The summed E-state index contributed by atoms with van der Waals surface area (Å²) >= 11 is 1.70. The van der Waals surface area contributed by atoms with Gasteiger partial charge in [0, 0.05) is 22.0 Å². The van der Waals surface area contributed by atoms with Crippen molar-refractivity contribution in [3.8, 4) is 11.8 Å². The number of thiophene rings is 1. The van der Waals surface area contributed by atoms with Crippen LogP contribution in [-0.4, -0.2) is 12.3 Å². The first kappa shape index (κ1) is 21.6. The third kappa shape index (κ3) is 4.38. The Labute approximate surface area is 189 Å². The van der Waals surface area contributed by atoms with Crippen LogP contribution in [0.15, 0.2) is 41.4 Å². The highest BCUT2D eigenvalue weighted by Crippen LogP contribution is 2.45. The smallest absolute Gasteiger partial charge is 0.134 e. The largest absolute Gasteiger partial charge is 0.490 e. The monoisotopic (exact) mass is 430 g/mol. The Morgan fingerprint density at radius 2 is 1.90 bits per heavy atom. The molecule has 31 heavy (non-hydrogen) atoms. The molecule has 0 radical (unpaired) electrons. The summed E-state index contributed by atoms with van der Waals surface area (Å²) < 4.78 is 5.99. The molecule has 1 aliphatic rings. The number of hydrogen-bond donors (Lipinski definition) is 0. The van der Waals surface area contributed by atoms with Crippen molar-refractivity contribution in [2.75, 3.05) is 0 Å². The molecule has 4 heteroatoms. The third-order valence-electron chi connectivity index (χ3n) is 6.18. The number of rotatable bonds is 4. The molecule has 0 N–H and O–H groups in total. The molecule has 0 unspecified atom stereocenters. The molecule has 1 aromatic heterocycles. The molecule has 0 aliphatic heterocycles. The van der Waals surface area contributed by atoms with E-state index in [4.69, 9.17) is 9.73 Å². The molecule has 2 aromatic carbocycles. The Bertz CT molecular complexity index is 1170. The fourth-order valence-corrected chi connectivity index (χ4v) is 5.63. The molecular weight excluding hydrogens is 400 g/mol. The maximum atomic E-state index is 9.84. The minimum absolute atomic E-state index is 0.121. The van der Waals surface area contributed by atoms with Crippen molar-refractivity contribution < 1.29 is 4.74 Å². The van der Waals surface area contributed by atoms with E-state index in [0.29, 0.717) is 5.92 Å². The van der Waals surface area contributed by atoms with Gasteiger partial charge in [0.25, 0.3) is 0 Å². The van der Waals surface area contributed by atoms with Crippen LogP contribution >= 0.6 is 11.3 Å². The Morgan fingerprint density at radius 1 is 1.16 bits per heavy atom. The van der Waals surface area contributed by atoms with Crippen molar-refractivity contribution in [3.05, 3.63) is 58.0 Å². The van der Waals surface area contributed by atoms with Crippen LogP contribution in [0.1, 0.15) is 62.6 Å². The summed E-state index contributed by atoms with van der Waals surface area (Å²) in [4.78, 5) is 6.16. The van der Waals surface area contributed by atoms with E-state index < -0.39 is 0 Å². The SMILES string of the molecule is CC(C)Oc1ccc(C=Nc2sc3c(c2C#N)CC[C@H](C(C)(C)C)C3)c2ccccc12. The zero-order chi connectivity index (χ0) is 22.2. The highest BCUT2D eigenvalue weighted by molar-refractivity contribution is 7.16. The van der Waals surface area contributed by atoms with Gasteiger partial charge in [-0.05, 0) is 67.5 Å². The van der Waals surface area contributed by atoms with Gasteiger partial charge in [-0.1, -0.05) is 45.0 Å². The van der Waals surface area contributed by atoms with E-state index >= 15 is 0 Å². The Hall–Kier alpha value is -2.64. The molecule has 1 aliphatic carbocycles. The standard InChI is InChI=1S/C27H30N2OS/c1-17(2)30-24-13-10-18(20-8-6-7-9-21(20)24)16-29-26-23(15-28)22-12-11-19(27(3,4)5)14-25(22)31-26/h6-10,13,16-17,19H,11-12,14H2,1-5H3/t19-/m0/s1. The average Bonchev–Trinajstić information content (AvgIpc) is 3.09. The van der Waals surface area contributed by atoms with Crippen LogP contribution in [0.2, 0.25) is 0 Å².